The fourth-order valence-electron chi connectivity index (χ4n) is 6.28. The lowest BCUT2D eigenvalue weighted by atomic mass is 9.65. The Balaban J connectivity index is 1.26. The molecule has 1 spiro atoms. The molecule has 10 heteroatoms. The van der Waals surface area contributed by atoms with Crippen LogP contribution in [0.3, 0.4) is 0 Å². The van der Waals surface area contributed by atoms with Gasteiger partial charge in [0.05, 0.1) is 29.0 Å². The Bertz CT molecular complexity index is 1600. The van der Waals surface area contributed by atoms with E-state index in [1.165, 1.54) is 0 Å². The molecule has 1 atom stereocenters. The summed E-state index contributed by atoms with van der Waals surface area (Å²) in [6, 6.07) is 8.41. The summed E-state index contributed by atoms with van der Waals surface area (Å²) in [6.07, 6.45) is 10.8. The maximum Gasteiger partial charge on any atom is 0.408 e. The van der Waals surface area contributed by atoms with E-state index in [2.05, 4.69) is 48.0 Å². The number of amides is 1. The summed E-state index contributed by atoms with van der Waals surface area (Å²) in [5.74, 6) is 0.871. The molecule has 0 bridgehead atoms. The molecule has 2 saturated heterocycles. The predicted molar refractivity (Wildman–Crippen MR) is 147 cm³/mol. The zero-order valence-corrected chi connectivity index (χ0v) is 22.7. The standard InChI is InChI=1S/C29H32N8O2/c1-28(2,3)24-12-29(37(24)27(38)39)7-9-35(10-8-29)25-6-5-19(14-31-25)23-11-20(22-16-32-34(4)17-22)18-36-26(23)21(13-30)15-33-36/h5-6,11,14-18,24H,7-10,12H2,1-4H3,(H,38,39). The molecule has 10 nitrogen and oxygen atoms in total. The van der Waals surface area contributed by atoms with Crippen molar-refractivity contribution < 1.29 is 9.90 Å². The van der Waals surface area contributed by atoms with Crippen LogP contribution in [0.15, 0.2) is 49.2 Å². The summed E-state index contributed by atoms with van der Waals surface area (Å²) >= 11 is 0. The van der Waals surface area contributed by atoms with E-state index in [9.17, 15) is 15.2 Å². The second-order valence-corrected chi connectivity index (χ2v) is 11.9. The molecule has 1 N–H and O–H groups in total. The Morgan fingerprint density at radius 2 is 1.85 bits per heavy atom. The van der Waals surface area contributed by atoms with Crippen molar-refractivity contribution in [2.75, 3.05) is 18.0 Å². The lowest BCUT2D eigenvalue weighted by molar-refractivity contribution is -0.105. The maximum absolute atomic E-state index is 12.1. The number of carboxylic acid groups (broad SMARTS) is 1. The third kappa shape index (κ3) is 4.09. The number of nitrogens with zero attached hydrogens (tertiary/aromatic N) is 8. The van der Waals surface area contributed by atoms with Gasteiger partial charge in [0.15, 0.2) is 0 Å². The van der Waals surface area contributed by atoms with Crippen molar-refractivity contribution in [3.63, 3.8) is 0 Å². The minimum Gasteiger partial charge on any atom is -0.465 e. The molecule has 4 aromatic heterocycles. The number of hydrogen-bond acceptors (Lipinski definition) is 6. The molecule has 6 heterocycles. The molecule has 0 aromatic carbocycles. The zero-order chi connectivity index (χ0) is 27.5. The van der Waals surface area contributed by atoms with Gasteiger partial charge in [0.25, 0.3) is 0 Å². The molecule has 200 valence electrons. The highest BCUT2D eigenvalue weighted by Gasteiger charge is 2.58. The molecule has 4 aromatic rings. The molecular weight excluding hydrogens is 492 g/mol. The number of carbonyl (C=O) groups is 1. The van der Waals surface area contributed by atoms with Gasteiger partial charge in [-0.3, -0.25) is 9.58 Å². The van der Waals surface area contributed by atoms with Gasteiger partial charge >= 0.3 is 6.09 Å². The van der Waals surface area contributed by atoms with Crippen molar-refractivity contribution in [2.45, 2.75) is 51.6 Å². The van der Waals surface area contributed by atoms with Gasteiger partial charge in [-0.15, -0.1) is 0 Å². The molecule has 2 aliphatic heterocycles. The van der Waals surface area contributed by atoms with Crippen LogP contribution in [-0.2, 0) is 7.05 Å². The van der Waals surface area contributed by atoms with Gasteiger partial charge < -0.3 is 10.0 Å². The molecule has 1 amide bonds. The number of piperidine rings is 1. The van der Waals surface area contributed by atoms with Crippen LogP contribution in [0.25, 0.3) is 27.8 Å². The van der Waals surface area contributed by atoms with Gasteiger partial charge in [0.1, 0.15) is 11.9 Å². The topological polar surface area (TPSA) is 116 Å². The first-order chi connectivity index (χ1) is 18.6. The number of aromatic nitrogens is 5. The van der Waals surface area contributed by atoms with Gasteiger partial charge in [0.2, 0.25) is 0 Å². The summed E-state index contributed by atoms with van der Waals surface area (Å²) in [7, 11) is 1.88. The van der Waals surface area contributed by atoms with Crippen molar-refractivity contribution in [1.29, 1.82) is 5.26 Å². The average Bonchev–Trinajstić information content (AvgIpc) is 3.52. The summed E-state index contributed by atoms with van der Waals surface area (Å²) in [5.41, 5.74) is 4.58. The third-order valence-corrected chi connectivity index (χ3v) is 8.45. The molecule has 6 rings (SSSR count). The Morgan fingerprint density at radius 1 is 1.08 bits per heavy atom. The number of likely N-dealkylation sites (tertiary alicyclic amines) is 1. The first-order valence-corrected chi connectivity index (χ1v) is 13.2. The van der Waals surface area contributed by atoms with Crippen molar-refractivity contribution in [2.24, 2.45) is 12.5 Å². The van der Waals surface area contributed by atoms with Gasteiger partial charge in [-0.2, -0.15) is 15.5 Å². The van der Waals surface area contributed by atoms with Gasteiger partial charge in [-0.05, 0) is 42.9 Å². The van der Waals surface area contributed by atoms with Crippen molar-refractivity contribution >= 4 is 17.4 Å². The second kappa shape index (κ2) is 8.83. The fraction of sp³-hybridized carbons (Fsp3) is 0.414. The Labute approximate surface area is 227 Å². The first-order valence-electron chi connectivity index (χ1n) is 13.2. The summed E-state index contributed by atoms with van der Waals surface area (Å²) in [6.45, 7) is 7.87. The number of pyridine rings is 2. The lowest BCUT2D eigenvalue weighted by Gasteiger charge is -2.63. The maximum atomic E-state index is 12.1. The van der Waals surface area contributed by atoms with E-state index in [0.717, 1.165) is 65.9 Å². The highest BCUT2D eigenvalue weighted by Crippen LogP contribution is 2.50. The minimum absolute atomic E-state index is 0.0556. The Hall–Kier alpha value is -4.39. The first kappa shape index (κ1) is 24.9. The van der Waals surface area contributed by atoms with Crippen LogP contribution in [0.4, 0.5) is 10.6 Å². The van der Waals surface area contributed by atoms with Crippen LogP contribution < -0.4 is 4.90 Å². The fourth-order valence-corrected chi connectivity index (χ4v) is 6.28. The minimum atomic E-state index is -0.812. The number of rotatable bonds is 3. The van der Waals surface area contributed by atoms with Crippen molar-refractivity contribution in [1.82, 2.24) is 29.3 Å². The highest BCUT2D eigenvalue weighted by atomic mass is 16.4. The van der Waals surface area contributed by atoms with Crippen LogP contribution in [-0.4, -0.2) is 65.1 Å². The average molecular weight is 525 g/mol. The van der Waals surface area contributed by atoms with Gasteiger partial charge in [-0.1, -0.05) is 20.8 Å². The predicted octanol–water partition coefficient (Wildman–Crippen LogP) is 4.81. The lowest BCUT2D eigenvalue weighted by Crippen LogP contribution is -2.73. The second-order valence-electron chi connectivity index (χ2n) is 11.9. The summed E-state index contributed by atoms with van der Waals surface area (Å²) < 4.78 is 3.50. The zero-order valence-electron chi connectivity index (χ0n) is 22.7. The molecule has 0 radical (unpaired) electrons. The quantitative estimate of drug-likeness (QED) is 0.409. The Kier molecular flexibility index (Phi) is 5.64. The van der Waals surface area contributed by atoms with Crippen LogP contribution in [0.2, 0.25) is 0 Å². The molecule has 2 fully saturated rings. The van der Waals surface area contributed by atoms with E-state index in [1.54, 1.807) is 26.5 Å². The van der Waals surface area contributed by atoms with Crippen molar-refractivity contribution in [3.05, 3.63) is 54.7 Å². The van der Waals surface area contributed by atoms with Gasteiger partial charge in [-0.25, -0.2) is 14.3 Å². The number of aryl methyl sites for hydroxylation is 1. The molecule has 39 heavy (non-hydrogen) atoms. The van der Waals surface area contributed by atoms with E-state index >= 15 is 0 Å². The van der Waals surface area contributed by atoms with E-state index in [0.29, 0.717) is 5.56 Å². The SMILES string of the molecule is Cn1cc(-c2cc(-c3ccc(N4CCC5(CC4)CC(C(C)(C)C)N5C(=O)O)nc3)c3c(C#N)cnn3c2)cn1. The molecular formula is C29H32N8O2. The largest absolute Gasteiger partial charge is 0.465 e. The van der Waals surface area contributed by atoms with Crippen LogP contribution in [0.5, 0.6) is 0 Å². The van der Waals surface area contributed by atoms with E-state index < -0.39 is 6.09 Å². The number of anilines is 1. The summed E-state index contributed by atoms with van der Waals surface area (Å²) in [4.78, 5) is 20.9. The van der Waals surface area contributed by atoms with Crippen LogP contribution in [0.1, 0.15) is 45.6 Å². The summed E-state index contributed by atoms with van der Waals surface area (Å²) in [5, 5.41) is 28.4. The highest BCUT2D eigenvalue weighted by molar-refractivity contribution is 5.87. The van der Waals surface area contributed by atoms with Gasteiger partial charge in [0, 0.05) is 67.0 Å². The molecule has 0 aliphatic carbocycles. The number of hydrogen-bond donors (Lipinski definition) is 1. The van der Waals surface area contributed by atoms with Crippen LogP contribution in [0, 0.1) is 16.7 Å². The molecule has 1 unspecified atom stereocenters. The van der Waals surface area contributed by atoms with E-state index in [-0.39, 0.29) is 17.0 Å². The van der Waals surface area contributed by atoms with Crippen molar-refractivity contribution in [3.8, 4) is 28.3 Å². The van der Waals surface area contributed by atoms with E-state index in [1.807, 2.05) is 37.8 Å². The van der Waals surface area contributed by atoms with Crippen LogP contribution >= 0.6 is 0 Å². The number of fused-ring (bicyclic) bond motifs is 1. The monoisotopic (exact) mass is 524 g/mol. The van der Waals surface area contributed by atoms with E-state index in [4.69, 9.17) is 4.98 Å². The molecule has 0 saturated carbocycles. The number of nitriles is 1. The smallest absolute Gasteiger partial charge is 0.408 e. The third-order valence-electron chi connectivity index (χ3n) is 8.45. The normalized spacial score (nSPS) is 18.8. The Morgan fingerprint density at radius 3 is 2.44 bits per heavy atom. The molecule has 2 aliphatic rings.